The van der Waals surface area contributed by atoms with E-state index in [-0.39, 0.29) is 18.5 Å². The number of likely N-dealkylation sites (N-methyl/N-ethyl adjacent to an activating group) is 1. The lowest BCUT2D eigenvalue weighted by molar-refractivity contribution is 0.231. The molecule has 0 aromatic carbocycles. The molecule has 8 heavy (non-hydrogen) atoms. The molecule has 1 saturated carbocycles. The maximum Gasteiger partial charge on any atom is 0.0712 e. The van der Waals surface area contributed by atoms with E-state index < -0.39 is 0 Å². The Bertz CT molecular complexity index is 76.8. The molecule has 50 valence electrons. The summed E-state index contributed by atoms with van der Waals surface area (Å²) in [6.45, 7) is 0. The third-order valence-corrected chi connectivity index (χ3v) is 1.39. The van der Waals surface area contributed by atoms with Crippen LogP contribution in [-0.4, -0.2) is 36.2 Å². The van der Waals surface area contributed by atoms with E-state index in [1.54, 1.807) is 0 Å². The van der Waals surface area contributed by atoms with Crippen LogP contribution in [0.3, 0.4) is 0 Å². The Morgan fingerprint density at radius 1 is 1.50 bits per heavy atom. The summed E-state index contributed by atoms with van der Waals surface area (Å²) in [5.41, 5.74) is 0. The van der Waals surface area contributed by atoms with E-state index in [9.17, 15) is 0 Å². The van der Waals surface area contributed by atoms with Crippen LogP contribution in [0.4, 0.5) is 0 Å². The number of halogens is 1. The van der Waals surface area contributed by atoms with E-state index in [1.165, 1.54) is 0 Å². The van der Waals surface area contributed by atoms with Gasteiger partial charge in [0.1, 0.15) is 0 Å². The summed E-state index contributed by atoms with van der Waals surface area (Å²) in [6, 6.07) is 0.458. The molecule has 0 saturated heterocycles. The van der Waals surface area contributed by atoms with E-state index in [0.29, 0.717) is 6.04 Å². The van der Waals surface area contributed by atoms with Crippen molar-refractivity contribution >= 4 is 12.4 Å². The third-order valence-electron chi connectivity index (χ3n) is 1.39. The highest BCUT2D eigenvalue weighted by molar-refractivity contribution is 5.85. The summed E-state index contributed by atoms with van der Waals surface area (Å²) in [7, 11) is 3.97. The van der Waals surface area contributed by atoms with Crippen molar-refractivity contribution in [3.05, 3.63) is 0 Å². The van der Waals surface area contributed by atoms with Crippen LogP contribution < -0.4 is 0 Å². The fourth-order valence-corrected chi connectivity index (χ4v) is 0.724. The van der Waals surface area contributed by atoms with E-state index in [2.05, 4.69) is 0 Å². The third kappa shape index (κ3) is 1.62. The van der Waals surface area contributed by atoms with Gasteiger partial charge in [0.25, 0.3) is 0 Å². The van der Waals surface area contributed by atoms with Crippen LogP contribution in [0, 0.1) is 0 Å². The Labute approximate surface area is 55.9 Å². The van der Waals surface area contributed by atoms with E-state index in [1.807, 2.05) is 19.0 Å². The molecule has 0 aliphatic heterocycles. The summed E-state index contributed by atoms with van der Waals surface area (Å²) < 4.78 is 0. The Hall–Kier alpha value is 0.210. The number of rotatable bonds is 1. The van der Waals surface area contributed by atoms with Gasteiger partial charge >= 0.3 is 0 Å². The summed E-state index contributed by atoms with van der Waals surface area (Å²) in [6.07, 6.45) is 0.933. The van der Waals surface area contributed by atoms with Crippen LogP contribution in [0.15, 0.2) is 0 Å². The molecule has 0 aromatic rings. The predicted molar refractivity (Wildman–Crippen MR) is 35.3 cm³/mol. The highest BCUT2D eigenvalue weighted by Crippen LogP contribution is 2.24. The van der Waals surface area contributed by atoms with Gasteiger partial charge in [-0.05, 0) is 20.5 Å². The number of hydrogen-bond donors (Lipinski definition) is 1. The topological polar surface area (TPSA) is 23.5 Å². The molecular weight excluding hydrogens is 126 g/mol. The molecule has 0 radical (unpaired) electrons. The monoisotopic (exact) mass is 137 g/mol. The van der Waals surface area contributed by atoms with Crippen LogP contribution in [0.2, 0.25) is 0 Å². The first-order chi connectivity index (χ1) is 3.22. The van der Waals surface area contributed by atoms with Crippen LogP contribution >= 0.6 is 12.4 Å². The van der Waals surface area contributed by atoms with Gasteiger partial charge in [-0.1, -0.05) is 0 Å². The second-order valence-electron chi connectivity index (χ2n) is 2.33. The van der Waals surface area contributed by atoms with Crippen molar-refractivity contribution in [3.8, 4) is 0 Å². The predicted octanol–water partition coefficient (Wildman–Crippen LogP) is 0.103. The molecule has 1 aliphatic carbocycles. The zero-order chi connectivity index (χ0) is 5.44. The molecular formula is C5H12ClNO. The number of nitrogens with zero attached hydrogens (tertiary/aromatic N) is 1. The molecule has 0 amide bonds. The number of aliphatic hydroxyl groups is 1. The maximum absolute atomic E-state index is 8.76. The molecule has 1 fully saturated rings. The summed E-state index contributed by atoms with van der Waals surface area (Å²) in [5, 5.41) is 8.76. The molecule has 0 aromatic heterocycles. The minimum atomic E-state index is -0.0324. The van der Waals surface area contributed by atoms with Crippen LogP contribution in [0.1, 0.15) is 6.42 Å². The average molecular weight is 138 g/mol. The van der Waals surface area contributed by atoms with E-state index in [4.69, 9.17) is 5.11 Å². The van der Waals surface area contributed by atoms with Gasteiger partial charge < -0.3 is 10.0 Å². The Balaban J connectivity index is 0.000000490. The molecule has 3 heteroatoms. The fraction of sp³-hybridized carbons (Fsp3) is 1.00. The lowest BCUT2D eigenvalue weighted by Crippen LogP contribution is -2.17. The SMILES string of the molecule is CN(C)C1CC1O.Cl. The molecule has 1 rings (SSSR count). The Morgan fingerprint density at radius 2 is 1.88 bits per heavy atom. The molecule has 1 aliphatic rings. The minimum absolute atomic E-state index is 0. The van der Waals surface area contributed by atoms with Gasteiger partial charge in [-0.3, -0.25) is 0 Å². The molecule has 1 N–H and O–H groups in total. The van der Waals surface area contributed by atoms with Crippen molar-refractivity contribution in [2.24, 2.45) is 0 Å². The molecule has 0 heterocycles. The van der Waals surface area contributed by atoms with Crippen LogP contribution in [-0.2, 0) is 0 Å². The molecule has 2 atom stereocenters. The zero-order valence-corrected chi connectivity index (χ0v) is 5.98. The van der Waals surface area contributed by atoms with Crippen molar-refractivity contribution in [2.45, 2.75) is 18.6 Å². The van der Waals surface area contributed by atoms with E-state index >= 15 is 0 Å². The smallest absolute Gasteiger partial charge is 0.0712 e. The second kappa shape index (κ2) is 2.67. The molecule has 0 bridgehead atoms. The molecule has 2 nitrogen and oxygen atoms in total. The van der Waals surface area contributed by atoms with Gasteiger partial charge in [0, 0.05) is 6.04 Å². The highest BCUT2D eigenvalue weighted by Gasteiger charge is 2.36. The normalized spacial score (nSPS) is 34.5. The van der Waals surface area contributed by atoms with Gasteiger partial charge in [0.05, 0.1) is 6.10 Å². The quantitative estimate of drug-likeness (QED) is 0.555. The first kappa shape index (κ1) is 8.21. The summed E-state index contributed by atoms with van der Waals surface area (Å²) in [5.74, 6) is 0. The van der Waals surface area contributed by atoms with Gasteiger partial charge in [-0.25, -0.2) is 0 Å². The highest BCUT2D eigenvalue weighted by atomic mass is 35.5. The lowest BCUT2D eigenvalue weighted by Gasteiger charge is -2.04. The van der Waals surface area contributed by atoms with Crippen molar-refractivity contribution in [1.82, 2.24) is 4.90 Å². The Kier molecular flexibility index (Phi) is 2.74. The first-order valence-electron chi connectivity index (χ1n) is 2.56. The van der Waals surface area contributed by atoms with Gasteiger partial charge in [0.2, 0.25) is 0 Å². The van der Waals surface area contributed by atoms with Crippen LogP contribution in [0.25, 0.3) is 0 Å². The summed E-state index contributed by atoms with van der Waals surface area (Å²) in [4.78, 5) is 2.05. The van der Waals surface area contributed by atoms with Crippen molar-refractivity contribution < 1.29 is 5.11 Å². The Morgan fingerprint density at radius 3 is 1.88 bits per heavy atom. The maximum atomic E-state index is 8.76. The number of hydrogen-bond acceptors (Lipinski definition) is 2. The zero-order valence-electron chi connectivity index (χ0n) is 5.16. The molecule has 2 unspecified atom stereocenters. The standard InChI is InChI=1S/C5H11NO.ClH/c1-6(2)4-3-5(4)7;/h4-5,7H,3H2,1-2H3;1H. The van der Waals surface area contributed by atoms with E-state index in [0.717, 1.165) is 6.42 Å². The average Bonchev–Trinajstić information content (AvgIpc) is 2.17. The largest absolute Gasteiger partial charge is 0.391 e. The van der Waals surface area contributed by atoms with Crippen molar-refractivity contribution in [3.63, 3.8) is 0 Å². The summed E-state index contributed by atoms with van der Waals surface area (Å²) >= 11 is 0. The minimum Gasteiger partial charge on any atom is -0.391 e. The van der Waals surface area contributed by atoms with Crippen molar-refractivity contribution in [1.29, 1.82) is 0 Å². The first-order valence-corrected chi connectivity index (χ1v) is 2.56. The molecule has 0 spiro atoms. The van der Waals surface area contributed by atoms with Gasteiger partial charge in [-0.15, -0.1) is 12.4 Å². The number of aliphatic hydroxyl groups excluding tert-OH is 1. The lowest BCUT2D eigenvalue weighted by atomic mass is 10.6. The van der Waals surface area contributed by atoms with Crippen molar-refractivity contribution in [2.75, 3.05) is 14.1 Å². The van der Waals surface area contributed by atoms with Crippen LogP contribution in [0.5, 0.6) is 0 Å². The van der Waals surface area contributed by atoms with Gasteiger partial charge in [0.15, 0.2) is 0 Å². The fourth-order valence-electron chi connectivity index (χ4n) is 0.724. The van der Waals surface area contributed by atoms with Gasteiger partial charge in [-0.2, -0.15) is 0 Å². The second-order valence-corrected chi connectivity index (χ2v) is 2.33.